The van der Waals surface area contributed by atoms with Crippen LogP contribution in [0.3, 0.4) is 0 Å². The van der Waals surface area contributed by atoms with Gasteiger partial charge >= 0.3 is 5.69 Å². The summed E-state index contributed by atoms with van der Waals surface area (Å²) in [7, 11) is 1.59. The number of hydrogen-bond donors (Lipinski definition) is 1. The van der Waals surface area contributed by atoms with E-state index in [0.29, 0.717) is 28.6 Å². The van der Waals surface area contributed by atoms with Crippen molar-refractivity contribution in [2.45, 2.75) is 13.0 Å². The van der Waals surface area contributed by atoms with Crippen molar-refractivity contribution in [3.8, 4) is 0 Å². The van der Waals surface area contributed by atoms with Gasteiger partial charge < -0.3 is 5.32 Å². The van der Waals surface area contributed by atoms with Gasteiger partial charge in [0.15, 0.2) is 5.78 Å². The van der Waals surface area contributed by atoms with Crippen LogP contribution in [-0.2, 0) is 18.4 Å². The summed E-state index contributed by atoms with van der Waals surface area (Å²) in [5.74, 6) is -0.267. The smallest absolute Gasteiger partial charge is 0.328 e. The maximum absolute atomic E-state index is 12.6. The fraction of sp³-hybridized carbons (Fsp3) is 0.158. The first-order valence-corrected chi connectivity index (χ1v) is 8.05. The number of Topliss-reactive ketones (excluding diaryl/α,β-unsaturated/α-hetero) is 1. The van der Waals surface area contributed by atoms with Crippen molar-refractivity contribution in [1.29, 1.82) is 0 Å². The van der Waals surface area contributed by atoms with E-state index in [0.717, 1.165) is 4.57 Å². The number of ketones is 1. The lowest BCUT2D eigenvalue weighted by Crippen LogP contribution is -2.39. The molecule has 1 aromatic heterocycles. The Morgan fingerprint density at radius 1 is 1.08 bits per heavy atom. The third-order valence-corrected chi connectivity index (χ3v) is 4.26. The van der Waals surface area contributed by atoms with Crippen LogP contribution in [0.5, 0.6) is 0 Å². The number of anilines is 1. The lowest BCUT2D eigenvalue weighted by Gasteiger charge is -2.11. The van der Waals surface area contributed by atoms with Gasteiger partial charge in [-0.25, -0.2) is 4.79 Å². The molecule has 1 heterocycles. The Morgan fingerprint density at radius 2 is 1.77 bits per heavy atom. The topological polar surface area (TPSA) is 90.2 Å². The van der Waals surface area contributed by atoms with E-state index in [-0.39, 0.29) is 18.7 Å². The first kappa shape index (κ1) is 17.3. The van der Waals surface area contributed by atoms with Gasteiger partial charge in [-0.1, -0.05) is 24.3 Å². The molecule has 1 N–H and O–H groups in total. The van der Waals surface area contributed by atoms with Crippen LogP contribution in [0.2, 0.25) is 0 Å². The Morgan fingerprint density at radius 3 is 2.54 bits per heavy atom. The van der Waals surface area contributed by atoms with Crippen molar-refractivity contribution in [3.63, 3.8) is 0 Å². The van der Waals surface area contributed by atoms with Crippen molar-refractivity contribution < 1.29 is 9.59 Å². The largest absolute Gasteiger partial charge is 0.331 e. The highest BCUT2D eigenvalue weighted by molar-refractivity contribution is 6.02. The Balaban J connectivity index is 1.94. The highest BCUT2D eigenvalue weighted by Crippen LogP contribution is 2.16. The quantitative estimate of drug-likeness (QED) is 0.539. The zero-order valence-corrected chi connectivity index (χ0v) is 14.1. The molecule has 0 aliphatic carbocycles. The van der Waals surface area contributed by atoms with E-state index in [9.17, 15) is 19.2 Å². The van der Waals surface area contributed by atoms with Gasteiger partial charge in [-0.05, 0) is 24.3 Å². The number of benzene rings is 2. The number of nitrogens with zero attached hydrogens (tertiary/aromatic N) is 2. The molecule has 0 radical (unpaired) electrons. The average molecular weight is 351 g/mol. The molecular formula is C19H17N3O4. The molecule has 132 valence electrons. The molecule has 0 fully saturated rings. The zero-order chi connectivity index (χ0) is 18.7. The molecule has 1 amide bonds. The van der Waals surface area contributed by atoms with E-state index in [1.807, 2.05) is 0 Å². The Kier molecular flexibility index (Phi) is 4.79. The third kappa shape index (κ3) is 3.06. The molecule has 0 bridgehead atoms. The SMILES string of the molecule is Cn1c(=O)n(CCC(=O)c2ccccc2NC=O)c(=O)c2ccccc21. The fourth-order valence-electron chi connectivity index (χ4n) is 2.92. The summed E-state index contributed by atoms with van der Waals surface area (Å²) in [6.07, 6.45) is 0.459. The van der Waals surface area contributed by atoms with E-state index in [1.54, 1.807) is 55.6 Å². The monoisotopic (exact) mass is 351 g/mol. The number of rotatable bonds is 6. The normalized spacial score (nSPS) is 10.7. The molecule has 3 rings (SSSR count). The van der Waals surface area contributed by atoms with Gasteiger partial charge in [0.05, 0.1) is 16.6 Å². The molecule has 0 spiro atoms. The minimum atomic E-state index is -0.471. The molecule has 0 aliphatic rings. The Hall–Kier alpha value is -3.48. The van der Waals surface area contributed by atoms with Crippen molar-refractivity contribution in [2.24, 2.45) is 7.05 Å². The van der Waals surface area contributed by atoms with Crippen LogP contribution in [0.4, 0.5) is 5.69 Å². The highest BCUT2D eigenvalue weighted by Gasteiger charge is 2.14. The standard InChI is InChI=1S/C19H17N3O4/c1-21-16-9-5-3-7-14(16)18(25)22(19(21)26)11-10-17(24)13-6-2-4-8-15(13)20-12-23/h2-9,12H,10-11H2,1H3,(H,20,23). The summed E-state index contributed by atoms with van der Waals surface area (Å²) in [5.41, 5.74) is 0.388. The summed E-state index contributed by atoms with van der Waals surface area (Å²) in [6, 6.07) is 13.4. The molecule has 0 atom stereocenters. The van der Waals surface area contributed by atoms with Crippen LogP contribution in [0, 0.1) is 0 Å². The van der Waals surface area contributed by atoms with Gasteiger partial charge in [0, 0.05) is 25.6 Å². The van der Waals surface area contributed by atoms with Gasteiger partial charge in [-0.2, -0.15) is 0 Å². The number of carbonyl (C=O) groups excluding carboxylic acids is 2. The maximum atomic E-state index is 12.6. The number of nitrogens with one attached hydrogen (secondary N) is 1. The Labute approximate surface area is 148 Å². The predicted octanol–water partition coefficient (Wildman–Crippen LogP) is 1.54. The molecule has 0 unspecified atom stereocenters. The molecule has 0 saturated heterocycles. The van der Waals surface area contributed by atoms with E-state index in [1.165, 1.54) is 4.57 Å². The molecule has 2 aromatic carbocycles. The number of aromatic nitrogens is 2. The fourth-order valence-corrected chi connectivity index (χ4v) is 2.92. The minimum Gasteiger partial charge on any atom is -0.328 e. The van der Waals surface area contributed by atoms with Crippen LogP contribution in [0.15, 0.2) is 58.1 Å². The molecule has 7 nitrogen and oxygen atoms in total. The molecule has 3 aromatic rings. The van der Waals surface area contributed by atoms with Crippen LogP contribution >= 0.6 is 0 Å². The lowest BCUT2D eigenvalue weighted by atomic mass is 10.1. The van der Waals surface area contributed by atoms with Crippen molar-refractivity contribution in [3.05, 3.63) is 74.9 Å². The summed E-state index contributed by atoms with van der Waals surface area (Å²) in [5, 5.41) is 2.90. The van der Waals surface area contributed by atoms with Gasteiger partial charge in [-0.3, -0.25) is 23.5 Å². The summed E-state index contributed by atoms with van der Waals surface area (Å²) in [6.45, 7) is -0.0371. The third-order valence-electron chi connectivity index (χ3n) is 4.26. The minimum absolute atomic E-state index is 0.0367. The first-order valence-electron chi connectivity index (χ1n) is 8.05. The molecule has 0 saturated carbocycles. The van der Waals surface area contributed by atoms with Gasteiger partial charge in [0.25, 0.3) is 5.56 Å². The summed E-state index contributed by atoms with van der Waals surface area (Å²) < 4.78 is 2.46. The van der Waals surface area contributed by atoms with E-state index < -0.39 is 11.2 Å². The molecule has 0 aliphatic heterocycles. The van der Waals surface area contributed by atoms with Gasteiger partial charge in [0.1, 0.15) is 0 Å². The van der Waals surface area contributed by atoms with Crippen LogP contribution in [0.25, 0.3) is 10.9 Å². The molecule has 26 heavy (non-hydrogen) atoms. The lowest BCUT2D eigenvalue weighted by molar-refractivity contribution is -0.105. The van der Waals surface area contributed by atoms with E-state index >= 15 is 0 Å². The van der Waals surface area contributed by atoms with Crippen molar-refractivity contribution >= 4 is 28.8 Å². The second-order valence-electron chi connectivity index (χ2n) is 5.80. The average Bonchev–Trinajstić information content (AvgIpc) is 2.66. The second-order valence-corrected chi connectivity index (χ2v) is 5.80. The van der Waals surface area contributed by atoms with Crippen molar-refractivity contribution in [1.82, 2.24) is 9.13 Å². The van der Waals surface area contributed by atoms with E-state index in [2.05, 4.69) is 5.32 Å². The van der Waals surface area contributed by atoms with Gasteiger partial charge in [-0.15, -0.1) is 0 Å². The number of fused-ring (bicyclic) bond motifs is 1. The highest BCUT2D eigenvalue weighted by atomic mass is 16.2. The number of para-hydroxylation sites is 2. The van der Waals surface area contributed by atoms with Gasteiger partial charge in [0.2, 0.25) is 6.41 Å². The molecule has 7 heteroatoms. The van der Waals surface area contributed by atoms with Crippen LogP contribution in [0.1, 0.15) is 16.8 Å². The zero-order valence-electron chi connectivity index (χ0n) is 14.1. The summed E-state index contributed by atoms with van der Waals surface area (Å²) >= 11 is 0. The Bertz CT molecular complexity index is 1110. The maximum Gasteiger partial charge on any atom is 0.331 e. The van der Waals surface area contributed by atoms with Crippen LogP contribution in [-0.4, -0.2) is 21.3 Å². The summed E-state index contributed by atoms with van der Waals surface area (Å²) in [4.78, 5) is 48.3. The number of aryl methyl sites for hydroxylation is 1. The first-order chi connectivity index (χ1) is 12.5. The predicted molar refractivity (Wildman–Crippen MR) is 98.5 cm³/mol. The number of amides is 1. The number of carbonyl (C=O) groups is 2. The second kappa shape index (κ2) is 7.18. The van der Waals surface area contributed by atoms with E-state index in [4.69, 9.17) is 0 Å². The molecular weight excluding hydrogens is 334 g/mol. The van der Waals surface area contributed by atoms with Crippen LogP contribution < -0.4 is 16.6 Å². The number of hydrogen-bond acceptors (Lipinski definition) is 4. The van der Waals surface area contributed by atoms with Crippen molar-refractivity contribution in [2.75, 3.05) is 5.32 Å².